The van der Waals surface area contributed by atoms with Crippen molar-refractivity contribution in [1.29, 1.82) is 0 Å². The quantitative estimate of drug-likeness (QED) is 0.455. The molecule has 0 unspecified atom stereocenters. The number of hydrogen-bond donors (Lipinski definition) is 2. The lowest BCUT2D eigenvalue weighted by Gasteiger charge is -2.33. The third kappa shape index (κ3) is 4.84. The van der Waals surface area contributed by atoms with Crippen molar-refractivity contribution in [3.63, 3.8) is 0 Å². The zero-order valence-corrected chi connectivity index (χ0v) is 19.2. The van der Waals surface area contributed by atoms with E-state index in [2.05, 4.69) is 20.6 Å². The molecule has 0 saturated carbocycles. The third-order valence-corrected chi connectivity index (χ3v) is 6.26. The molecule has 0 aliphatic carbocycles. The summed E-state index contributed by atoms with van der Waals surface area (Å²) < 4.78 is 15.3. The van der Waals surface area contributed by atoms with E-state index < -0.39 is 0 Å². The first-order valence-corrected chi connectivity index (χ1v) is 11.5. The molecular weight excluding hydrogens is 447 g/mol. The van der Waals surface area contributed by atoms with E-state index in [9.17, 15) is 14.0 Å². The molecule has 4 aromatic rings. The van der Waals surface area contributed by atoms with Crippen LogP contribution in [0.3, 0.4) is 0 Å². The summed E-state index contributed by atoms with van der Waals surface area (Å²) in [4.78, 5) is 27.6. The Kier molecular flexibility index (Phi) is 6.13. The topological polar surface area (TPSA) is 95.9 Å². The van der Waals surface area contributed by atoms with Crippen molar-refractivity contribution >= 4 is 17.5 Å². The average Bonchev–Trinajstić information content (AvgIpc) is 3.53. The fourth-order valence-corrected chi connectivity index (χ4v) is 4.54. The van der Waals surface area contributed by atoms with Gasteiger partial charge in [0, 0.05) is 54.8 Å². The number of piperidine rings is 1. The maximum absolute atomic E-state index is 13.8. The Labute approximate surface area is 201 Å². The molecule has 8 nitrogen and oxygen atoms in total. The van der Waals surface area contributed by atoms with Crippen LogP contribution in [0.4, 0.5) is 10.1 Å². The molecule has 0 bridgehead atoms. The molecule has 0 spiro atoms. The molecule has 1 aliphatic rings. The SMILES string of the molecule is Cn1cc(C(=O)Nc2cccc(C(=O)N3CCC[C@@H](c4[nH]ncc4-c4cccc(F)c4)C3)c2)cn1. The first-order valence-electron chi connectivity index (χ1n) is 11.5. The van der Waals surface area contributed by atoms with Crippen LogP contribution in [-0.2, 0) is 7.05 Å². The summed E-state index contributed by atoms with van der Waals surface area (Å²) in [6.45, 7) is 1.17. The Bertz CT molecular complexity index is 1380. The Morgan fingerprint density at radius 3 is 2.77 bits per heavy atom. The second kappa shape index (κ2) is 9.54. The van der Waals surface area contributed by atoms with Crippen LogP contribution in [0.5, 0.6) is 0 Å². The summed E-state index contributed by atoms with van der Waals surface area (Å²) in [5.74, 6) is -0.628. The summed E-state index contributed by atoms with van der Waals surface area (Å²) in [7, 11) is 1.74. The Morgan fingerprint density at radius 1 is 1.11 bits per heavy atom. The summed E-state index contributed by atoms with van der Waals surface area (Å²) in [5.41, 5.74) is 4.00. The minimum Gasteiger partial charge on any atom is -0.338 e. The van der Waals surface area contributed by atoms with Crippen LogP contribution in [-0.4, -0.2) is 49.8 Å². The molecule has 9 heteroatoms. The van der Waals surface area contributed by atoms with E-state index in [1.807, 2.05) is 11.0 Å². The van der Waals surface area contributed by atoms with Gasteiger partial charge in [-0.15, -0.1) is 0 Å². The first-order chi connectivity index (χ1) is 17.0. The molecule has 2 aromatic heterocycles. The number of aromatic amines is 1. The molecule has 1 aliphatic heterocycles. The number of aromatic nitrogens is 4. The molecule has 178 valence electrons. The number of nitrogens with one attached hydrogen (secondary N) is 2. The lowest BCUT2D eigenvalue weighted by molar-refractivity contribution is 0.0705. The van der Waals surface area contributed by atoms with Crippen molar-refractivity contribution in [2.75, 3.05) is 18.4 Å². The molecule has 1 fully saturated rings. The van der Waals surface area contributed by atoms with Crippen molar-refractivity contribution < 1.29 is 14.0 Å². The van der Waals surface area contributed by atoms with Gasteiger partial charge in [-0.2, -0.15) is 10.2 Å². The van der Waals surface area contributed by atoms with Crippen LogP contribution in [0, 0.1) is 5.82 Å². The highest BCUT2D eigenvalue weighted by atomic mass is 19.1. The number of hydrogen-bond acceptors (Lipinski definition) is 4. The second-order valence-corrected chi connectivity index (χ2v) is 8.74. The molecule has 0 radical (unpaired) electrons. The van der Waals surface area contributed by atoms with Crippen molar-refractivity contribution in [3.05, 3.63) is 89.8 Å². The number of aryl methyl sites for hydroxylation is 1. The van der Waals surface area contributed by atoms with Gasteiger partial charge in [0.05, 0.1) is 18.0 Å². The maximum Gasteiger partial charge on any atom is 0.258 e. The summed E-state index contributed by atoms with van der Waals surface area (Å²) >= 11 is 0. The zero-order chi connectivity index (χ0) is 24.4. The van der Waals surface area contributed by atoms with Gasteiger partial charge in [0.25, 0.3) is 11.8 Å². The minimum atomic E-state index is -0.300. The van der Waals surface area contributed by atoms with Gasteiger partial charge < -0.3 is 10.2 Å². The maximum atomic E-state index is 13.8. The Hall–Kier alpha value is -4.27. The number of carbonyl (C=O) groups excluding carboxylic acids is 2. The molecule has 2 amide bonds. The zero-order valence-electron chi connectivity index (χ0n) is 19.2. The van der Waals surface area contributed by atoms with Crippen molar-refractivity contribution in [3.8, 4) is 11.1 Å². The van der Waals surface area contributed by atoms with Gasteiger partial charge in [0.15, 0.2) is 0 Å². The Balaban J connectivity index is 1.31. The largest absolute Gasteiger partial charge is 0.338 e. The van der Waals surface area contributed by atoms with Crippen LogP contribution in [0.2, 0.25) is 0 Å². The van der Waals surface area contributed by atoms with Crippen LogP contribution in [0.1, 0.15) is 45.2 Å². The average molecular weight is 473 g/mol. The van der Waals surface area contributed by atoms with E-state index >= 15 is 0 Å². The van der Waals surface area contributed by atoms with Gasteiger partial charge in [-0.3, -0.25) is 19.4 Å². The van der Waals surface area contributed by atoms with E-state index in [-0.39, 0.29) is 23.5 Å². The van der Waals surface area contributed by atoms with E-state index in [0.29, 0.717) is 29.9 Å². The molecule has 5 rings (SSSR count). The predicted molar refractivity (Wildman–Crippen MR) is 129 cm³/mol. The number of carbonyl (C=O) groups is 2. The normalized spacial score (nSPS) is 15.7. The van der Waals surface area contributed by atoms with Crippen molar-refractivity contribution in [2.24, 2.45) is 7.05 Å². The molecule has 2 N–H and O–H groups in total. The smallest absolute Gasteiger partial charge is 0.258 e. The van der Waals surface area contributed by atoms with Gasteiger partial charge in [0.1, 0.15) is 5.82 Å². The van der Waals surface area contributed by atoms with Gasteiger partial charge >= 0.3 is 0 Å². The molecule has 35 heavy (non-hydrogen) atoms. The van der Waals surface area contributed by atoms with Gasteiger partial charge in [-0.05, 0) is 48.7 Å². The number of anilines is 1. The molecule has 1 saturated heterocycles. The third-order valence-electron chi connectivity index (χ3n) is 6.26. The Morgan fingerprint density at radius 2 is 1.97 bits per heavy atom. The van der Waals surface area contributed by atoms with E-state index in [1.165, 1.54) is 18.3 Å². The van der Waals surface area contributed by atoms with E-state index in [0.717, 1.165) is 29.7 Å². The fraction of sp³-hybridized carbons (Fsp3) is 0.231. The summed E-state index contributed by atoms with van der Waals surface area (Å²) in [6.07, 6.45) is 6.57. The highest BCUT2D eigenvalue weighted by Gasteiger charge is 2.28. The van der Waals surface area contributed by atoms with Crippen LogP contribution >= 0.6 is 0 Å². The van der Waals surface area contributed by atoms with Gasteiger partial charge in [-0.25, -0.2) is 4.39 Å². The number of nitrogens with zero attached hydrogens (tertiary/aromatic N) is 4. The van der Waals surface area contributed by atoms with Gasteiger partial charge in [-0.1, -0.05) is 18.2 Å². The molecule has 3 heterocycles. The minimum absolute atomic E-state index is 0.0573. The number of halogens is 1. The highest BCUT2D eigenvalue weighted by molar-refractivity contribution is 6.04. The highest BCUT2D eigenvalue weighted by Crippen LogP contribution is 2.33. The lowest BCUT2D eigenvalue weighted by Crippen LogP contribution is -2.39. The molecule has 1 atom stereocenters. The number of benzene rings is 2. The second-order valence-electron chi connectivity index (χ2n) is 8.74. The molecular formula is C26H25FN6O2. The number of H-pyrrole nitrogens is 1. The van der Waals surface area contributed by atoms with Crippen molar-refractivity contribution in [1.82, 2.24) is 24.9 Å². The van der Waals surface area contributed by atoms with Crippen molar-refractivity contribution in [2.45, 2.75) is 18.8 Å². The number of likely N-dealkylation sites (tertiary alicyclic amines) is 1. The number of rotatable bonds is 5. The lowest BCUT2D eigenvalue weighted by atomic mass is 9.90. The standard InChI is InChI=1S/C26H25FN6O2/c1-32-15-20(13-29-32)25(34)30-22-9-3-6-18(12-22)26(35)33-10-4-7-19(16-33)24-23(14-28-31-24)17-5-2-8-21(27)11-17/h2-3,5-6,8-9,11-15,19H,4,7,10,16H2,1H3,(H,28,31)(H,30,34)/t19-/m1/s1. The van der Waals surface area contributed by atoms with E-state index in [4.69, 9.17) is 0 Å². The van der Waals surface area contributed by atoms with Crippen LogP contribution in [0.15, 0.2) is 67.1 Å². The fourth-order valence-electron chi connectivity index (χ4n) is 4.54. The summed E-state index contributed by atoms with van der Waals surface area (Å²) in [6, 6.07) is 13.4. The summed E-state index contributed by atoms with van der Waals surface area (Å²) in [5, 5.41) is 14.1. The van der Waals surface area contributed by atoms with Gasteiger partial charge in [0.2, 0.25) is 0 Å². The molecule has 2 aromatic carbocycles. The predicted octanol–water partition coefficient (Wildman–Crippen LogP) is 4.22. The van der Waals surface area contributed by atoms with Crippen LogP contribution < -0.4 is 5.32 Å². The monoisotopic (exact) mass is 472 g/mol. The first kappa shape index (κ1) is 22.5. The number of amides is 2. The van der Waals surface area contributed by atoms with Crippen LogP contribution in [0.25, 0.3) is 11.1 Å². The van der Waals surface area contributed by atoms with E-state index in [1.54, 1.807) is 54.5 Å².